The number of nitrogens with zero attached hydrogens (tertiary/aromatic N) is 2. The monoisotopic (exact) mass is 228 g/mol. The molecule has 3 heteroatoms. The van der Waals surface area contributed by atoms with Gasteiger partial charge in [0, 0.05) is 0 Å². The highest BCUT2D eigenvalue weighted by Crippen LogP contribution is 2.25. The van der Waals surface area contributed by atoms with E-state index in [9.17, 15) is 0 Å². The standard InChI is InChI=1S/C14H16N2O/c1-11-4-2-3-5-12(11)10-17-14-7-6-13(8-15)16-9-14/h2-3,6-7,9,11-12H,4-5,10H2,1H3. The van der Waals surface area contributed by atoms with E-state index in [0.29, 0.717) is 17.5 Å². The molecule has 17 heavy (non-hydrogen) atoms. The van der Waals surface area contributed by atoms with Crippen molar-refractivity contribution in [2.45, 2.75) is 19.8 Å². The summed E-state index contributed by atoms with van der Waals surface area (Å²) in [5.74, 6) is 1.99. The van der Waals surface area contributed by atoms with Gasteiger partial charge in [-0.05, 0) is 36.8 Å². The zero-order valence-corrected chi connectivity index (χ0v) is 9.97. The molecule has 1 aromatic rings. The molecule has 0 fully saturated rings. The van der Waals surface area contributed by atoms with Gasteiger partial charge in [-0.25, -0.2) is 4.98 Å². The van der Waals surface area contributed by atoms with Crippen molar-refractivity contribution in [1.82, 2.24) is 4.98 Å². The molecule has 0 spiro atoms. The van der Waals surface area contributed by atoms with Crippen LogP contribution in [-0.2, 0) is 0 Å². The molecule has 0 amide bonds. The lowest BCUT2D eigenvalue weighted by atomic mass is 9.85. The van der Waals surface area contributed by atoms with Crippen molar-refractivity contribution in [2.75, 3.05) is 6.61 Å². The molecular formula is C14H16N2O. The van der Waals surface area contributed by atoms with E-state index in [-0.39, 0.29) is 0 Å². The number of nitriles is 1. The number of ether oxygens (including phenoxy) is 1. The van der Waals surface area contributed by atoms with Gasteiger partial charge >= 0.3 is 0 Å². The molecule has 1 aliphatic carbocycles. The highest BCUT2D eigenvalue weighted by Gasteiger charge is 2.18. The van der Waals surface area contributed by atoms with E-state index in [4.69, 9.17) is 10.00 Å². The average Bonchev–Trinajstić information content (AvgIpc) is 2.38. The summed E-state index contributed by atoms with van der Waals surface area (Å²) < 4.78 is 5.71. The van der Waals surface area contributed by atoms with E-state index < -0.39 is 0 Å². The third-order valence-corrected chi connectivity index (χ3v) is 3.23. The van der Waals surface area contributed by atoms with Crippen LogP contribution in [-0.4, -0.2) is 11.6 Å². The Morgan fingerprint density at radius 1 is 1.41 bits per heavy atom. The fourth-order valence-electron chi connectivity index (χ4n) is 1.97. The maximum atomic E-state index is 8.64. The van der Waals surface area contributed by atoms with E-state index in [1.54, 1.807) is 18.3 Å². The summed E-state index contributed by atoms with van der Waals surface area (Å²) in [6.45, 7) is 2.98. The second-order valence-corrected chi connectivity index (χ2v) is 4.48. The summed E-state index contributed by atoms with van der Waals surface area (Å²) in [5.41, 5.74) is 0.423. The van der Waals surface area contributed by atoms with Gasteiger partial charge in [0.15, 0.2) is 0 Å². The Bertz CT molecular complexity index is 431. The number of allylic oxidation sites excluding steroid dienone is 2. The van der Waals surface area contributed by atoms with Gasteiger partial charge in [0.2, 0.25) is 0 Å². The fraction of sp³-hybridized carbons (Fsp3) is 0.429. The van der Waals surface area contributed by atoms with Gasteiger partial charge in [-0.15, -0.1) is 0 Å². The molecule has 2 rings (SSSR count). The van der Waals surface area contributed by atoms with Crippen LogP contribution in [0.3, 0.4) is 0 Å². The SMILES string of the molecule is CC1CC=CCC1COc1ccc(C#N)nc1. The Morgan fingerprint density at radius 2 is 2.24 bits per heavy atom. The largest absolute Gasteiger partial charge is 0.492 e. The second kappa shape index (κ2) is 5.49. The summed E-state index contributed by atoms with van der Waals surface area (Å²) in [6, 6.07) is 5.47. The van der Waals surface area contributed by atoms with Crippen LogP contribution in [0.15, 0.2) is 30.5 Å². The number of hydrogen-bond donors (Lipinski definition) is 0. The van der Waals surface area contributed by atoms with Crippen LogP contribution in [0.4, 0.5) is 0 Å². The smallest absolute Gasteiger partial charge is 0.140 e. The zero-order chi connectivity index (χ0) is 12.1. The topological polar surface area (TPSA) is 45.9 Å². The molecule has 0 bridgehead atoms. The Hall–Kier alpha value is -1.82. The highest BCUT2D eigenvalue weighted by molar-refractivity contribution is 5.26. The van der Waals surface area contributed by atoms with Crippen molar-refractivity contribution >= 4 is 0 Å². The number of pyridine rings is 1. The fourth-order valence-corrected chi connectivity index (χ4v) is 1.97. The number of rotatable bonds is 3. The third-order valence-electron chi connectivity index (χ3n) is 3.23. The van der Waals surface area contributed by atoms with Crippen LogP contribution in [0.1, 0.15) is 25.5 Å². The maximum absolute atomic E-state index is 8.64. The molecule has 1 aromatic heterocycles. The maximum Gasteiger partial charge on any atom is 0.140 e. The summed E-state index contributed by atoms with van der Waals surface area (Å²) in [5, 5.41) is 8.64. The molecule has 0 saturated carbocycles. The molecule has 0 aromatic carbocycles. The minimum absolute atomic E-state index is 0.423. The van der Waals surface area contributed by atoms with E-state index in [1.807, 2.05) is 6.07 Å². The van der Waals surface area contributed by atoms with Crippen molar-refractivity contribution in [2.24, 2.45) is 11.8 Å². The first-order valence-electron chi connectivity index (χ1n) is 5.93. The summed E-state index contributed by atoms with van der Waals surface area (Å²) in [6.07, 6.45) is 8.31. The summed E-state index contributed by atoms with van der Waals surface area (Å²) in [4.78, 5) is 3.98. The predicted molar refractivity (Wildman–Crippen MR) is 65.5 cm³/mol. The average molecular weight is 228 g/mol. The van der Waals surface area contributed by atoms with E-state index in [0.717, 1.165) is 25.2 Å². The van der Waals surface area contributed by atoms with Crippen molar-refractivity contribution < 1.29 is 4.74 Å². The first kappa shape index (κ1) is 11.7. The van der Waals surface area contributed by atoms with E-state index in [2.05, 4.69) is 24.1 Å². The predicted octanol–water partition coefficient (Wildman–Crippen LogP) is 2.93. The molecule has 0 aliphatic heterocycles. The van der Waals surface area contributed by atoms with Gasteiger partial charge in [0.05, 0.1) is 12.8 Å². The van der Waals surface area contributed by atoms with Gasteiger partial charge in [-0.1, -0.05) is 19.1 Å². The van der Waals surface area contributed by atoms with Crippen LogP contribution in [0.25, 0.3) is 0 Å². The Morgan fingerprint density at radius 3 is 2.88 bits per heavy atom. The third kappa shape index (κ3) is 3.07. The molecule has 1 heterocycles. The normalized spacial score (nSPS) is 23.1. The van der Waals surface area contributed by atoms with Crippen molar-refractivity contribution in [3.05, 3.63) is 36.2 Å². The molecule has 3 nitrogen and oxygen atoms in total. The minimum atomic E-state index is 0.423. The lowest BCUT2D eigenvalue weighted by molar-refractivity contribution is 0.198. The van der Waals surface area contributed by atoms with Crippen molar-refractivity contribution in [3.8, 4) is 11.8 Å². The Kier molecular flexibility index (Phi) is 3.77. The van der Waals surface area contributed by atoms with Crippen LogP contribution in [0.2, 0.25) is 0 Å². The molecule has 0 saturated heterocycles. The lowest BCUT2D eigenvalue weighted by Crippen LogP contribution is -2.21. The van der Waals surface area contributed by atoms with Crippen molar-refractivity contribution in [3.63, 3.8) is 0 Å². The zero-order valence-electron chi connectivity index (χ0n) is 9.97. The molecule has 0 N–H and O–H groups in total. The molecule has 88 valence electrons. The van der Waals surface area contributed by atoms with Crippen LogP contribution < -0.4 is 4.74 Å². The Labute approximate surface area is 102 Å². The first-order valence-corrected chi connectivity index (χ1v) is 5.93. The molecular weight excluding hydrogens is 212 g/mol. The minimum Gasteiger partial charge on any atom is -0.492 e. The first-order chi connectivity index (χ1) is 8.29. The second-order valence-electron chi connectivity index (χ2n) is 4.48. The molecule has 2 atom stereocenters. The van der Waals surface area contributed by atoms with Crippen LogP contribution >= 0.6 is 0 Å². The summed E-state index contributed by atoms with van der Waals surface area (Å²) in [7, 11) is 0. The van der Waals surface area contributed by atoms with Crippen LogP contribution in [0, 0.1) is 23.2 Å². The van der Waals surface area contributed by atoms with Gasteiger partial charge in [0.1, 0.15) is 17.5 Å². The molecule has 1 aliphatic rings. The van der Waals surface area contributed by atoms with Crippen LogP contribution in [0.5, 0.6) is 5.75 Å². The molecule has 2 unspecified atom stereocenters. The Balaban J connectivity index is 1.89. The summed E-state index contributed by atoms with van der Waals surface area (Å²) >= 11 is 0. The number of hydrogen-bond acceptors (Lipinski definition) is 3. The van der Waals surface area contributed by atoms with Gasteiger partial charge in [0.25, 0.3) is 0 Å². The van der Waals surface area contributed by atoms with E-state index in [1.165, 1.54) is 0 Å². The quantitative estimate of drug-likeness (QED) is 0.747. The molecule has 0 radical (unpaired) electrons. The van der Waals surface area contributed by atoms with Gasteiger partial charge in [-0.2, -0.15) is 5.26 Å². The lowest BCUT2D eigenvalue weighted by Gasteiger charge is -2.25. The van der Waals surface area contributed by atoms with Gasteiger partial charge in [-0.3, -0.25) is 0 Å². The number of aromatic nitrogens is 1. The van der Waals surface area contributed by atoms with Crippen molar-refractivity contribution in [1.29, 1.82) is 5.26 Å². The van der Waals surface area contributed by atoms with E-state index >= 15 is 0 Å². The van der Waals surface area contributed by atoms with Gasteiger partial charge < -0.3 is 4.74 Å². The highest BCUT2D eigenvalue weighted by atomic mass is 16.5.